The number of benzene rings is 1. The van der Waals surface area contributed by atoms with E-state index in [2.05, 4.69) is 53.1 Å². The van der Waals surface area contributed by atoms with E-state index in [0.717, 1.165) is 50.9 Å². The van der Waals surface area contributed by atoms with Crippen molar-refractivity contribution in [3.63, 3.8) is 0 Å². The number of rotatable bonds is 8. The second kappa shape index (κ2) is 11.3. The number of carbonyl (C=O) groups is 1. The molecule has 0 spiro atoms. The lowest BCUT2D eigenvalue weighted by atomic mass is 9.94. The fourth-order valence-electron chi connectivity index (χ4n) is 4.36. The summed E-state index contributed by atoms with van der Waals surface area (Å²) in [5.41, 5.74) is 1.93. The van der Waals surface area contributed by atoms with Crippen molar-refractivity contribution in [1.29, 1.82) is 0 Å². The van der Waals surface area contributed by atoms with Crippen LogP contribution in [0, 0.1) is 5.92 Å². The Labute approximate surface area is 187 Å². The van der Waals surface area contributed by atoms with Crippen LogP contribution in [0.1, 0.15) is 40.0 Å². The number of hydrogen-bond donors (Lipinski definition) is 1. The van der Waals surface area contributed by atoms with Gasteiger partial charge < -0.3 is 15.0 Å². The van der Waals surface area contributed by atoms with Gasteiger partial charge >= 0.3 is 0 Å². The lowest BCUT2D eigenvalue weighted by Crippen LogP contribution is -2.47. The third-order valence-electron chi connectivity index (χ3n) is 5.99. The Bertz CT molecular complexity index is 673. The van der Waals surface area contributed by atoms with Crippen molar-refractivity contribution in [3.05, 3.63) is 24.3 Å². The Balaban J connectivity index is 1.34. The smallest absolute Gasteiger partial charge is 0.250 e. The van der Waals surface area contributed by atoms with Crippen LogP contribution < -0.4 is 10.2 Å². The Morgan fingerprint density at radius 3 is 2.26 bits per heavy atom. The minimum Gasteiger partial charge on any atom is -0.375 e. The summed E-state index contributed by atoms with van der Waals surface area (Å²) in [6, 6.07) is 8.10. The van der Waals surface area contributed by atoms with Gasteiger partial charge in [0.05, 0.1) is 5.60 Å². The summed E-state index contributed by atoms with van der Waals surface area (Å²) in [5, 5.41) is 5.00. The maximum absolute atomic E-state index is 11.6. The lowest BCUT2D eigenvalue weighted by Gasteiger charge is -2.38. The van der Waals surface area contributed by atoms with E-state index in [-0.39, 0.29) is 18.1 Å². The zero-order valence-corrected chi connectivity index (χ0v) is 19.7. The molecular formula is C24H40N4O3. The molecule has 1 aromatic carbocycles. The maximum Gasteiger partial charge on any atom is 0.250 e. The van der Waals surface area contributed by atoms with Crippen molar-refractivity contribution >= 4 is 17.3 Å². The molecule has 1 aromatic rings. The molecule has 1 amide bonds. The van der Waals surface area contributed by atoms with Crippen molar-refractivity contribution in [3.8, 4) is 0 Å². The highest BCUT2D eigenvalue weighted by Gasteiger charge is 2.25. The average Bonchev–Trinajstić information content (AvgIpc) is 2.73. The second-order valence-electron chi connectivity index (χ2n) is 9.72. The molecular weight excluding hydrogens is 392 g/mol. The van der Waals surface area contributed by atoms with Crippen LogP contribution in [-0.2, 0) is 14.4 Å². The van der Waals surface area contributed by atoms with E-state index < -0.39 is 0 Å². The summed E-state index contributed by atoms with van der Waals surface area (Å²) in [7, 11) is 1.52. The number of carbonyl (C=O) groups excluding carboxylic acids is 1. The lowest BCUT2D eigenvalue weighted by molar-refractivity contribution is -0.238. The first-order chi connectivity index (χ1) is 14.8. The number of anilines is 2. The molecule has 1 N–H and O–H groups in total. The van der Waals surface area contributed by atoms with Crippen molar-refractivity contribution < 1.29 is 14.4 Å². The van der Waals surface area contributed by atoms with Crippen LogP contribution in [0.2, 0.25) is 0 Å². The molecule has 2 saturated heterocycles. The molecule has 0 saturated carbocycles. The van der Waals surface area contributed by atoms with E-state index in [1.54, 1.807) is 0 Å². The summed E-state index contributed by atoms with van der Waals surface area (Å²) >= 11 is 0. The zero-order chi connectivity index (χ0) is 22.3. The van der Waals surface area contributed by atoms with E-state index in [4.69, 9.17) is 9.57 Å². The monoisotopic (exact) mass is 432 g/mol. The molecule has 7 heteroatoms. The van der Waals surface area contributed by atoms with E-state index in [9.17, 15) is 4.79 Å². The van der Waals surface area contributed by atoms with Crippen molar-refractivity contribution in [2.75, 3.05) is 69.7 Å². The van der Waals surface area contributed by atoms with E-state index >= 15 is 0 Å². The van der Waals surface area contributed by atoms with Crippen LogP contribution in [0.25, 0.3) is 0 Å². The van der Waals surface area contributed by atoms with Crippen molar-refractivity contribution in [2.45, 2.75) is 45.6 Å². The van der Waals surface area contributed by atoms with Crippen LogP contribution >= 0.6 is 0 Å². The maximum atomic E-state index is 11.6. The van der Waals surface area contributed by atoms with Gasteiger partial charge in [0.1, 0.15) is 6.61 Å². The van der Waals surface area contributed by atoms with Crippen molar-refractivity contribution in [2.24, 2.45) is 5.92 Å². The van der Waals surface area contributed by atoms with Crippen LogP contribution in [0.3, 0.4) is 0 Å². The number of hydrogen-bond acceptors (Lipinski definition) is 6. The van der Waals surface area contributed by atoms with Gasteiger partial charge in [0.25, 0.3) is 0 Å². The molecule has 174 valence electrons. The highest BCUT2D eigenvalue weighted by molar-refractivity contribution is 5.91. The fourth-order valence-corrected chi connectivity index (χ4v) is 4.36. The van der Waals surface area contributed by atoms with Gasteiger partial charge in [-0.15, -0.1) is 0 Å². The first-order valence-electron chi connectivity index (χ1n) is 11.6. The molecule has 0 aliphatic carbocycles. The van der Waals surface area contributed by atoms with Gasteiger partial charge in [-0.2, -0.15) is 5.06 Å². The molecule has 0 atom stereocenters. The third kappa shape index (κ3) is 8.07. The van der Waals surface area contributed by atoms with Gasteiger partial charge in [0.2, 0.25) is 5.91 Å². The number of hydroxylamine groups is 2. The molecule has 0 radical (unpaired) electrons. The number of methoxy groups -OCH3 is 1. The van der Waals surface area contributed by atoms with Crippen LogP contribution in [0.15, 0.2) is 24.3 Å². The molecule has 0 bridgehead atoms. The average molecular weight is 433 g/mol. The number of ether oxygens (including phenoxy) is 1. The molecule has 2 heterocycles. The van der Waals surface area contributed by atoms with Gasteiger partial charge in [-0.05, 0) is 76.8 Å². The number of nitrogens with zero attached hydrogens (tertiary/aromatic N) is 3. The SMILES string of the molecule is COCC(=O)Nc1ccc(N2CCN(CCC3CCN(OC(C)(C)C)CC3)CC2)cc1. The molecule has 0 unspecified atom stereocenters. The quantitative estimate of drug-likeness (QED) is 0.681. The van der Waals surface area contributed by atoms with Gasteiger partial charge in [0.15, 0.2) is 0 Å². The highest BCUT2D eigenvalue weighted by atomic mass is 16.7. The molecule has 2 aliphatic rings. The fraction of sp³-hybridized carbons (Fsp3) is 0.708. The Morgan fingerprint density at radius 2 is 1.68 bits per heavy atom. The van der Waals surface area contributed by atoms with Crippen LogP contribution in [0.4, 0.5) is 11.4 Å². The molecule has 31 heavy (non-hydrogen) atoms. The Morgan fingerprint density at radius 1 is 1.03 bits per heavy atom. The minimum absolute atomic E-state index is 0.0769. The van der Waals surface area contributed by atoms with Gasteiger partial charge in [0, 0.05) is 57.8 Å². The van der Waals surface area contributed by atoms with E-state index in [0.29, 0.717) is 0 Å². The number of piperidine rings is 1. The van der Waals surface area contributed by atoms with Gasteiger partial charge in [-0.3, -0.25) is 14.5 Å². The number of nitrogens with one attached hydrogen (secondary N) is 1. The first-order valence-corrected chi connectivity index (χ1v) is 11.6. The molecule has 3 rings (SSSR count). The summed E-state index contributed by atoms with van der Waals surface area (Å²) in [6.07, 6.45) is 3.77. The van der Waals surface area contributed by atoms with Crippen molar-refractivity contribution in [1.82, 2.24) is 9.96 Å². The normalized spacial score (nSPS) is 19.5. The first kappa shape index (κ1) is 24.0. The molecule has 2 aliphatic heterocycles. The predicted octanol–water partition coefficient (Wildman–Crippen LogP) is 3.23. The topological polar surface area (TPSA) is 57.3 Å². The van der Waals surface area contributed by atoms with E-state index in [1.165, 1.54) is 38.6 Å². The summed E-state index contributed by atoms with van der Waals surface area (Å²) in [5.74, 6) is 0.690. The van der Waals surface area contributed by atoms with Gasteiger partial charge in [-0.25, -0.2) is 0 Å². The van der Waals surface area contributed by atoms with Crippen LogP contribution in [0.5, 0.6) is 0 Å². The molecule has 7 nitrogen and oxygen atoms in total. The minimum atomic E-state index is -0.128. The third-order valence-corrected chi connectivity index (χ3v) is 5.99. The highest BCUT2D eigenvalue weighted by Crippen LogP contribution is 2.24. The van der Waals surface area contributed by atoms with E-state index in [1.807, 2.05) is 12.1 Å². The second-order valence-corrected chi connectivity index (χ2v) is 9.72. The number of piperazine rings is 1. The Kier molecular flexibility index (Phi) is 8.72. The summed E-state index contributed by atoms with van der Waals surface area (Å²) in [6.45, 7) is 14.1. The Hall–Kier alpha value is -1.67. The summed E-state index contributed by atoms with van der Waals surface area (Å²) in [4.78, 5) is 22.7. The standard InChI is InChI=1S/C24H40N4O3/c1-24(2,3)31-28-13-10-20(11-14-28)9-12-26-15-17-27(18-16-26)22-7-5-21(6-8-22)25-23(29)19-30-4/h5-8,20H,9-19H2,1-4H3,(H,25,29). The predicted molar refractivity (Wildman–Crippen MR) is 125 cm³/mol. The largest absolute Gasteiger partial charge is 0.375 e. The van der Waals surface area contributed by atoms with Crippen LogP contribution in [-0.4, -0.2) is 81.0 Å². The molecule has 2 fully saturated rings. The molecule has 0 aromatic heterocycles. The number of amides is 1. The van der Waals surface area contributed by atoms with Gasteiger partial charge in [-0.1, -0.05) is 0 Å². The zero-order valence-electron chi connectivity index (χ0n) is 19.7. The summed E-state index contributed by atoms with van der Waals surface area (Å²) < 4.78 is 4.85.